The van der Waals surface area contributed by atoms with Crippen LogP contribution in [0.5, 0.6) is 0 Å². The van der Waals surface area contributed by atoms with Gasteiger partial charge in [-0.2, -0.15) is 0 Å². The Kier molecular flexibility index (Phi) is 4.10. The maximum atomic E-state index is 12.7. The van der Waals surface area contributed by atoms with Crippen LogP contribution >= 0.6 is 0 Å². The highest BCUT2D eigenvalue weighted by Gasteiger charge is 2.43. The van der Waals surface area contributed by atoms with E-state index in [1.165, 1.54) is 11.2 Å². The summed E-state index contributed by atoms with van der Waals surface area (Å²) in [4.78, 5) is 35.6. The fourth-order valence-corrected chi connectivity index (χ4v) is 4.19. The van der Waals surface area contributed by atoms with E-state index in [1.807, 2.05) is 23.1 Å². The second-order valence-corrected chi connectivity index (χ2v) is 6.96. The highest BCUT2D eigenvalue weighted by molar-refractivity contribution is 5.88. The topological polar surface area (TPSA) is 113 Å². The first-order valence-corrected chi connectivity index (χ1v) is 8.83. The fourth-order valence-electron chi connectivity index (χ4n) is 4.19. The third kappa shape index (κ3) is 2.81. The zero-order valence-corrected chi connectivity index (χ0v) is 14.3. The van der Waals surface area contributed by atoms with Gasteiger partial charge < -0.3 is 15.7 Å². The number of anilines is 1. The molecule has 8 nitrogen and oxygen atoms in total. The summed E-state index contributed by atoms with van der Waals surface area (Å²) >= 11 is 0. The highest BCUT2D eigenvalue weighted by atomic mass is 16.4. The number of carboxylic acid groups (broad SMARTS) is 1. The van der Waals surface area contributed by atoms with E-state index in [2.05, 4.69) is 9.97 Å². The molecule has 0 spiro atoms. The molecule has 0 bridgehead atoms. The van der Waals surface area contributed by atoms with Gasteiger partial charge in [0.1, 0.15) is 18.7 Å². The number of fused-ring (bicyclic) bond motifs is 2. The highest BCUT2D eigenvalue weighted by Crippen LogP contribution is 2.32. The molecule has 0 radical (unpaired) electrons. The van der Waals surface area contributed by atoms with Crippen molar-refractivity contribution >= 4 is 28.7 Å². The predicted molar refractivity (Wildman–Crippen MR) is 95.3 cm³/mol. The Morgan fingerprint density at radius 3 is 2.77 bits per heavy atom. The van der Waals surface area contributed by atoms with E-state index >= 15 is 0 Å². The van der Waals surface area contributed by atoms with Gasteiger partial charge in [-0.1, -0.05) is 18.9 Å². The van der Waals surface area contributed by atoms with Crippen LogP contribution < -0.4 is 5.73 Å². The van der Waals surface area contributed by atoms with Gasteiger partial charge in [0.25, 0.3) is 0 Å². The minimum absolute atomic E-state index is 0.0627. The number of amides is 2. The van der Waals surface area contributed by atoms with Crippen molar-refractivity contribution in [3.63, 3.8) is 0 Å². The molecule has 26 heavy (non-hydrogen) atoms. The van der Waals surface area contributed by atoms with E-state index in [9.17, 15) is 14.7 Å². The second-order valence-electron chi connectivity index (χ2n) is 6.96. The molecule has 1 aliphatic carbocycles. The summed E-state index contributed by atoms with van der Waals surface area (Å²) in [6.07, 6.45) is 4.08. The number of aromatic nitrogens is 2. The molecule has 3 N–H and O–H groups in total. The third-order valence-electron chi connectivity index (χ3n) is 5.45. The molecule has 2 atom stereocenters. The summed E-state index contributed by atoms with van der Waals surface area (Å²) in [5.74, 6) is 0.290. The van der Waals surface area contributed by atoms with E-state index in [-0.39, 0.29) is 24.5 Å². The van der Waals surface area contributed by atoms with E-state index in [4.69, 9.17) is 5.73 Å². The minimum atomic E-state index is -1.01. The average Bonchev–Trinajstić information content (AvgIpc) is 2.63. The summed E-state index contributed by atoms with van der Waals surface area (Å²) < 4.78 is 0. The SMILES string of the molecule is Nc1ncnc2cc(CN3C(=O)CN(C(=O)O)C4CCCCC43)ccc12. The Bertz CT molecular complexity index is 871. The van der Waals surface area contributed by atoms with Crippen molar-refractivity contribution in [2.75, 3.05) is 12.3 Å². The molecule has 1 aromatic heterocycles. The van der Waals surface area contributed by atoms with Gasteiger partial charge in [0, 0.05) is 11.9 Å². The van der Waals surface area contributed by atoms with Gasteiger partial charge in [-0.25, -0.2) is 14.8 Å². The van der Waals surface area contributed by atoms with E-state index < -0.39 is 6.09 Å². The van der Waals surface area contributed by atoms with Crippen molar-refractivity contribution < 1.29 is 14.7 Å². The molecule has 2 aromatic rings. The Morgan fingerprint density at radius 2 is 2.00 bits per heavy atom. The number of hydrogen-bond acceptors (Lipinski definition) is 5. The van der Waals surface area contributed by atoms with E-state index in [0.717, 1.165) is 42.1 Å². The summed E-state index contributed by atoms with van der Waals surface area (Å²) in [6, 6.07) is 5.54. The van der Waals surface area contributed by atoms with Crippen LogP contribution in [0.1, 0.15) is 31.2 Å². The number of nitrogen functional groups attached to an aromatic ring is 1. The van der Waals surface area contributed by atoms with Crippen LogP contribution in [0.25, 0.3) is 10.9 Å². The lowest BCUT2D eigenvalue weighted by atomic mass is 9.86. The molecule has 1 aliphatic heterocycles. The first-order valence-electron chi connectivity index (χ1n) is 8.83. The van der Waals surface area contributed by atoms with E-state index in [0.29, 0.717) is 12.4 Å². The third-order valence-corrected chi connectivity index (χ3v) is 5.45. The van der Waals surface area contributed by atoms with Crippen molar-refractivity contribution in [3.8, 4) is 0 Å². The number of carbonyl (C=O) groups is 2. The summed E-state index contributed by atoms with van der Waals surface area (Å²) in [5, 5.41) is 10.2. The van der Waals surface area contributed by atoms with Crippen LogP contribution in [0, 0.1) is 0 Å². The standard InChI is InChI=1S/C18H21N5O3/c19-17-12-6-5-11(7-13(12)20-10-21-17)8-22-14-3-1-2-4-15(14)23(18(25)26)9-16(22)24/h5-7,10,14-15H,1-4,8-9H2,(H,25,26)(H2,19,20,21). The van der Waals surface area contributed by atoms with Crippen LogP contribution in [0.15, 0.2) is 24.5 Å². The van der Waals surface area contributed by atoms with Crippen molar-refractivity contribution in [1.29, 1.82) is 0 Å². The molecule has 136 valence electrons. The van der Waals surface area contributed by atoms with Gasteiger partial charge >= 0.3 is 6.09 Å². The van der Waals surface area contributed by atoms with Gasteiger partial charge in [-0.15, -0.1) is 0 Å². The van der Waals surface area contributed by atoms with Crippen LogP contribution in [-0.2, 0) is 11.3 Å². The molecule has 1 aromatic carbocycles. The fraction of sp³-hybridized carbons (Fsp3) is 0.444. The largest absolute Gasteiger partial charge is 0.465 e. The molecule has 8 heteroatoms. The number of benzene rings is 1. The lowest BCUT2D eigenvalue weighted by Crippen LogP contribution is -2.63. The molecular formula is C18H21N5O3. The first kappa shape index (κ1) is 16.6. The van der Waals surface area contributed by atoms with Crippen LogP contribution in [0.4, 0.5) is 10.6 Å². The maximum Gasteiger partial charge on any atom is 0.408 e. The van der Waals surface area contributed by atoms with Gasteiger partial charge in [-0.3, -0.25) is 9.69 Å². The number of carbonyl (C=O) groups excluding carboxylic acids is 1. The van der Waals surface area contributed by atoms with Crippen molar-refractivity contribution in [2.24, 2.45) is 0 Å². The van der Waals surface area contributed by atoms with Crippen molar-refractivity contribution in [3.05, 3.63) is 30.1 Å². The predicted octanol–water partition coefficient (Wildman–Crippen LogP) is 1.85. The van der Waals surface area contributed by atoms with Crippen molar-refractivity contribution in [2.45, 2.75) is 44.3 Å². The van der Waals surface area contributed by atoms with Gasteiger partial charge in [-0.05, 0) is 30.5 Å². The first-order chi connectivity index (χ1) is 12.5. The lowest BCUT2D eigenvalue weighted by Gasteiger charge is -2.48. The quantitative estimate of drug-likeness (QED) is 0.850. The Hall–Kier alpha value is -2.90. The van der Waals surface area contributed by atoms with Gasteiger partial charge in [0.05, 0.1) is 17.6 Å². The maximum absolute atomic E-state index is 12.7. The molecule has 2 fully saturated rings. The molecule has 2 aliphatic rings. The average molecular weight is 355 g/mol. The molecular weight excluding hydrogens is 334 g/mol. The molecule has 4 rings (SSSR count). The number of rotatable bonds is 2. The molecule has 2 unspecified atom stereocenters. The van der Waals surface area contributed by atoms with Crippen molar-refractivity contribution in [1.82, 2.24) is 19.8 Å². The number of nitrogens with two attached hydrogens (primary N) is 1. The molecule has 2 amide bonds. The number of piperazine rings is 1. The van der Waals surface area contributed by atoms with Crippen LogP contribution in [0.3, 0.4) is 0 Å². The van der Waals surface area contributed by atoms with Gasteiger partial charge in [0.2, 0.25) is 5.91 Å². The van der Waals surface area contributed by atoms with Crippen LogP contribution in [-0.4, -0.2) is 55.5 Å². The monoisotopic (exact) mass is 355 g/mol. The minimum Gasteiger partial charge on any atom is -0.465 e. The van der Waals surface area contributed by atoms with Gasteiger partial charge in [0.15, 0.2) is 0 Å². The molecule has 1 saturated carbocycles. The summed E-state index contributed by atoms with van der Waals surface area (Å²) in [6.45, 7) is 0.381. The Morgan fingerprint density at radius 1 is 1.23 bits per heavy atom. The second kappa shape index (κ2) is 6.44. The Labute approximate surface area is 150 Å². The number of nitrogens with zero attached hydrogens (tertiary/aromatic N) is 4. The lowest BCUT2D eigenvalue weighted by molar-refractivity contribution is -0.144. The molecule has 1 saturated heterocycles. The summed E-state index contributed by atoms with van der Waals surface area (Å²) in [7, 11) is 0. The van der Waals surface area contributed by atoms with Crippen LogP contribution in [0.2, 0.25) is 0 Å². The molecule has 2 heterocycles. The normalized spacial score (nSPS) is 23.2. The smallest absolute Gasteiger partial charge is 0.408 e. The number of hydrogen-bond donors (Lipinski definition) is 2. The van der Waals surface area contributed by atoms with E-state index in [1.54, 1.807) is 0 Å². The Balaban J connectivity index is 1.62. The summed E-state index contributed by atoms with van der Waals surface area (Å²) in [5.41, 5.74) is 7.56. The zero-order valence-electron chi connectivity index (χ0n) is 14.3. The zero-order chi connectivity index (χ0) is 18.3.